The van der Waals surface area contributed by atoms with Crippen LogP contribution >= 0.6 is 0 Å². The van der Waals surface area contributed by atoms with Gasteiger partial charge in [0.25, 0.3) is 0 Å². The van der Waals surface area contributed by atoms with E-state index in [1.54, 1.807) is 19.1 Å². The summed E-state index contributed by atoms with van der Waals surface area (Å²) in [4.78, 5) is 2.21. The van der Waals surface area contributed by atoms with Gasteiger partial charge in [-0.25, -0.2) is 0 Å². The first-order chi connectivity index (χ1) is 16.2. The molecule has 0 aromatic heterocycles. The van der Waals surface area contributed by atoms with Crippen LogP contribution in [0.3, 0.4) is 0 Å². The Hall–Kier alpha value is -4.80. The van der Waals surface area contributed by atoms with Gasteiger partial charge in [-0.3, -0.25) is 0 Å². The molecule has 0 aliphatic carbocycles. The second-order valence-corrected chi connectivity index (χ2v) is 7.39. The average Bonchev–Trinajstić information content (AvgIpc) is 2.86. The molecule has 0 atom stereocenters. The summed E-state index contributed by atoms with van der Waals surface area (Å²) in [6.45, 7) is 1.80. The van der Waals surface area contributed by atoms with E-state index in [9.17, 15) is 0 Å². The first-order valence-electron chi connectivity index (χ1n) is 10.5. The number of para-hydroxylation sites is 2. The van der Waals surface area contributed by atoms with Crippen LogP contribution in [-0.2, 0) is 4.74 Å². The summed E-state index contributed by atoms with van der Waals surface area (Å²) in [6.07, 6.45) is 7.17. The molecule has 33 heavy (non-hydrogen) atoms. The third kappa shape index (κ3) is 5.10. The highest BCUT2D eigenvalue weighted by Gasteiger charge is 2.12. The molecule has 3 aromatic rings. The highest BCUT2D eigenvalue weighted by atomic mass is 16.5. The third-order valence-electron chi connectivity index (χ3n) is 5.07. The Kier molecular flexibility index (Phi) is 6.50. The van der Waals surface area contributed by atoms with Crippen LogP contribution in [0.4, 0.5) is 17.1 Å². The number of anilines is 3. The standard InChI is InChI=1S/C29H21N3O/c1-22-18-24(25(20-30)21-31)19-29(33-22)17-14-23-12-15-28(16-13-23)32(26-8-4-2-5-9-26)27-10-6-3-7-11-27/h2-19H,1H3. The number of benzene rings is 3. The van der Waals surface area contributed by atoms with Crippen molar-refractivity contribution >= 4 is 23.1 Å². The summed E-state index contributed by atoms with van der Waals surface area (Å²) >= 11 is 0. The normalized spacial score (nSPS) is 12.8. The molecule has 0 fully saturated rings. The van der Waals surface area contributed by atoms with Crippen LogP contribution in [-0.4, -0.2) is 0 Å². The molecule has 0 saturated carbocycles. The molecule has 0 N–H and O–H groups in total. The molecule has 4 rings (SSSR count). The van der Waals surface area contributed by atoms with Gasteiger partial charge in [-0.15, -0.1) is 0 Å². The average molecular weight is 428 g/mol. The zero-order chi connectivity index (χ0) is 23.0. The zero-order valence-corrected chi connectivity index (χ0v) is 18.1. The van der Waals surface area contributed by atoms with E-state index in [0.29, 0.717) is 17.1 Å². The molecule has 0 bridgehead atoms. The van der Waals surface area contributed by atoms with E-state index in [1.165, 1.54) is 0 Å². The number of hydrogen-bond donors (Lipinski definition) is 0. The van der Waals surface area contributed by atoms with Crippen molar-refractivity contribution in [3.8, 4) is 12.1 Å². The van der Waals surface area contributed by atoms with Crippen molar-refractivity contribution in [3.63, 3.8) is 0 Å². The first kappa shape index (κ1) is 21.4. The van der Waals surface area contributed by atoms with Crippen molar-refractivity contribution in [2.24, 2.45) is 0 Å². The van der Waals surface area contributed by atoms with Crippen molar-refractivity contribution in [1.82, 2.24) is 0 Å². The van der Waals surface area contributed by atoms with Crippen LogP contribution < -0.4 is 4.90 Å². The zero-order valence-electron chi connectivity index (χ0n) is 18.1. The van der Waals surface area contributed by atoms with E-state index < -0.39 is 0 Å². The van der Waals surface area contributed by atoms with Gasteiger partial charge in [0.05, 0.1) is 0 Å². The van der Waals surface area contributed by atoms with Crippen molar-refractivity contribution in [2.75, 3.05) is 4.90 Å². The lowest BCUT2D eigenvalue weighted by atomic mass is 10.1. The summed E-state index contributed by atoms with van der Waals surface area (Å²) in [6, 6.07) is 32.6. The second-order valence-electron chi connectivity index (χ2n) is 7.39. The first-order valence-corrected chi connectivity index (χ1v) is 10.5. The Balaban J connectivity index is 1.61. The summed E-state index contributed by atoms with van der Waals surface area (Å²) in [5.74, 6) is 1.21. The SMILES string of the molecule is CC1=CC(=C(C#N)C#N)C=C(C=Cc2ccc(N(c3ccccc3)c3ccccc3)cc2)O1. The van der Waals surface area contributed by atoms with Crippen LogP contribution in [0.1, 0.15) is 12.5 Å². The molecule has 0 saturated heterocycles. The molecule has 0 spiro atoms. The molecular formula is C29H21N3O. The van der Waals surface area contributed by atoms with Gasteiger partial charge < -0.3 is 9.64 Å². The number of nitriles is 2. The van der Waals surface area contributed by atoms with Crippen LogP contribution in [0, 0.1) is 22.7 Å². The molecular weight excluding hydrogens is 406 g/mol. The summed E-state index contributed by atoms with van der Waals surface area (Å²) in [5, 5.41) is 18.3. The molecule has 4 heteroatoms. The molecule has 1 aliphatic rings. The molecule has 4 nitrogen and oxygen atoms in total. The van der Waals surface area contributed by atoms with E-state index in [1.807, 2.05) is 72.8 Å². The lowest BCUT2D eigenvalue weighted by Crippen LogP contribution is -2.09. The number of nitrogens with zero attached hydrogens (tertiary/aromatic N) is 3. The number of rotatable bonds is 5. The Morgan fingerprint density at radius 1 is 0.727 bits per heavy atom. The van der Waals surface area contributed by atoms with Gasteiger partial charge in [0, 0.05) is 22.6 Å². The molecule has 158 valence electrons. The Morgan fingerprint density at radius 3 is 1.82 bits per heavy atom. The van der Waals surface area contributed by atoms with Gasteiger partial charge in [0.1, 0.15) is 29.2 Å². The van der Waals surface area contributed by atoms with Crippen molar-refractivity contribution in [2.45, 2.75) is 6.92 Å². The van der Waals surface area contributed by atoms with Gasteiger partial charge in [0.2, 0.25) is 0 Å². The Morgan fingerprint density at radius 2 is 1.27 bits per heavy atom. The van der Waals surface area contributed by atoms with Crippen molar-refractivity contribution < 1.29 is 4.74 Å². The molecule has 0 unspecified atom stereocenters. The minimum Gasteiger partial charge on any atom is -0.462 e. The minimum absolute atomic E-state index is 0.0646. The summed E-state index contributed by atoms with van der Waals surface area (Å²) in [5.41, 5.74) is 4.84. The number of hydrogen-bond acceptors (Lipinski definition) is 4. The molecule has 1 aliphatic heterocycles. The monoisotopic (exact) mass is 427 g/mol. The van der Waals surface area contributed by atoms with Crippen LogP contribution in [0.2, 0.25) is 0 Å². The third-order valence-corrected chi connectivity index (χ3v) is 5.07. The lowest BCUT2D eigenvalue weighted by Gasteiger charge is -2.25. The summed E-state index contributed by atoms with van der Waals surface area (Å²) < 4.78 is 5.73. The predicted molar refractivity (Wildman–Crippen MR) is 131 cm³/mol. The fourth-order valence-electron chi connectivity index (χ4n) is 3.55. The second kappa shape index (κ2) is 10.0. The van der Waals surface area contributed by atoms with Crippen LogP contribution in [0.5, 0.6) is 0 Å². The van der Waals surface area contributed by atoms with Gasteiger partial charge >= 0.3 is 0 Å². The van der Waals surface area contributed by atoms with Gasteiger partial charge in [-0.05, 0) is 67.1 Å². The van der Waals surface area contributed by atoms with E-state index >= 15 is 0 Å². The Bertz CT molecular complexity index is 1280. The minimum atomic E-state index is 0.0646. The fourth-order valence-corrected chi connectivity index (χ4v) is 3.55. The summed E-state index contributed by atoms with van der Waals surface area (Å²) in [7, 11) is 0. The van der Waals surface area contributed by atoms with E-state index in [-0.39, 0.29) is 5.57 Å². The van der Waals surface area contributed by atoms with Crippen LogP contribution in [0.15, 0.2) is 126 Å². The van der Waals surface area contributed by atoms with Crippen molar-refractivity contribution in [1.29, 1.82) is 10.5 Å². The topological polar surface area (TPSA) is 60.0 Å². The number of allylic oxidation sites excluding steroid dienone is 6. The molecule has 0 radical (unpaired) electrons. The van der Waals surface area contributed by atoms with Crippen molar-refractivity contribution in [3.05, 3.63) is 131 Å². The quantitative estimate of drug-likeness (QED) is 0.400. The maximum Gasteiger partial charge on any atom is 0.137 e. The molecule has 0 amide bonds. The van der Waals surface area contributed by atoms with E-state index in [4.69, 9.17) is 15.3 Å². The largest absolute Gasteiger partial charge is 0.462 e. The smallest absolute Gasteiger partial charge is 0.137 e. The fraction of sp³-hybridized carbons (Fsp3) is 0.0345. The predicted octanol–water partition coefficient (Wildman–Crippen LogP) is 7.33. The lowest BCUT2D eigenvalue weighted by molar-refractivity contribution is 0.318. The van der Waals surface area contributed by atoms with Gasteiger partial charge in [-0.1, -0.05) is 54.6 Å². The van der Waals surface area contributed by atoms with Gasteiger partial charge in [-0.2, -0.15) is 10.5 Å². The molecule has 3 aromatic carbocycles. The van der Waals surface area contributed by atoms with E-state index in [0.717, 1.165) is 22.6 Å². The highest BCUT2D eigenvalue weighted by Crippen LogP contribution is 2.34. The number of ether oxygens (including phenoxy) is 1. The Labute approximate surface area is 193 Å². The maximum atomic E-state index is 9.14. The van der Waals surface area contributed by atoms with Crippen LogP contribution in [0.25, 0.3) is 6.08 Å². The van der Waals surface area contributed by atoms with E-state index in [2.05, 4.69) is 41.3 Å². The maximum absolute atomic E-state index is 9.14. The highest BCUT2D eigenvalue weighted by molar-refractivity contribution is 5.77. The molecule has 1 heterocycles. The van der Waals surface area contributed by atoms with Gasteiger partial charge in [0.15, 0.2) is 0 Å².